The topological polar surface area (TPSA) is 65.4 Å². The highest BCUT2D eigenvalue weighted by Crippen LogP contribution is 2.27. The van der Waals surface area contributed by atoms with E-state index in [0.717, 1.165) is 17.9 Å². The van der Waals surface area contributed by atoms with Gasteiger partial charge in [-0.25, -0.2) is 4.98 Å². The molecule has 0 bridgehead atoms. The van der Waals surface area contributed by atoms with Crippen LogP contribution >= 0.6 is 0 Å². The zero-order chi connectivity index (χ0) is 19.8. The number of imidazole rings is 1. The van der Waals surface area contributed by atoms with Gasteiger partial charge < -0.3 is 19.4 Å². The molecule has 1 aromatic heterocycles. The lowest BCUT2D eigenvalue weighted by Crippen LogP contribution is -2.31. The van der Waals surface area contributed by atoms with E-state index in [1.54, 1.807) is 13.3 Å². The predicted molar refractivity (Wildman–Crippen MR) is 108 cm³/mol. The number of carbonyl (C=O) groups excluding carboxylic acids is 1. The Kier molecular flexibility index (Phi) is 6.68. The first-order valence-electron chi connectivity index (χ1n) is 9.24. The van der Waals surface area contributed by atoms with Gasteiger partial charge >= 0.3 is 0 Å². The van der Waals surface area contributed by atoms with Crippen LogP contribution in [0.15, 0.2) is 60.9 Å². The number of carbonyl (C=O) groups is 1. The maximum absolute atomic E-state index is 12.1. The van der Waals surface area contributed by atoms with E-state index in [-0.39, 0.29) is 12.5 Å². The largest absolute Gasteiger partial charge is 0.493 e. The minimum atomic E-state index is -0.177. The Morgan fingerprint density at radius 3 is 2.75 bits per heavy atom. The average molecular weight is 379 g/mol. The highest BCUT2D eigenvalue weighted by Gasteiger charge is 2.09. The van der Waals surface area contributed by atoms with Gasteiger partial charge in [0.15, 0.2) is 18.1 Å². The van der Waals surface area contributed by atoms with Gasteiger partial charge in [0.2, 0.25) is 0 Å². The first-order chi connectivity index (χ1) is 13.7. The van der Waals surface area contributed by atoms with Crippen LogP contribution in [0.25, 0.3) is 0 Å². The van der Waals surface area contributed by atoms with Crippen LogP contribution in [0.3, 0.4) is 0 Å². The van der Waals surface area contributed by atoms with Crippen molar-refractivity contribution in [1.29, 1.82) is 0 Å². The van der Waals surface area contributed by atoms with Crippen molar-refractivity contribution in [1.82, 2.24) is 14.9 Å². The predicted octanol–water partition coefficient (Wildman–Crippen LogP) is 2.99. The molecule has 3 aromatic rings. The van der Waals surface area contributed by atoms with Crippen molar-refractivity contribution in [3.63, 3.8) is 0 Å². The smallest absolute Gasteiger partial charge is 0.257 e. The number of aryl methyl sites for hydroxylation is 1. The Morgan fingerprint density at radius 2 is 1.96 bits per heavy atom. The molecule has 0 fully saturated rings. The fraction of sp³-hybridized carbons (Fsp3) is 0.273. The number of ether oxygens (including phenoxy) is 2. The molecular weight excluding hydrogens is 354 g/mol. The number of methoxy groups -OCH3 is 1. The van der Waals surface area contributed by atoms with E-state index in [2.05, 4.69) is 27.0 Å². The Bertz CT molecular complexity index is 906. The van der Waals surface area contributed by atoms with Gasteiger partial charge in [-0.05, 0) is 30.2 Å². The van der Waals surface area contributed by atoms with Crippen molar-refractivity contribution in [2.24, 2.45) is 0 Å². The van der Waals surface area contributed by atoms with Gasteiger partial charge in [0.25, 0.3) is 5.91 Å². The first kappa shape index (κ1) is 19.5. The van der Waals surface area contributed by atoms with E-state index >= 15 is 0 Å². The summed E-state index contributed by atoms with van der Waals surface area (Å²) in [6.07, 6.45) is 4.39. The van der Waals surface area contributed by atoms with E-state index < -0.39 is 0 Å². The highest BCUT2D eigenvalue weighted by atomic mass is 16.5. The molecule has 0 aliphatic carbocycles. The number of nitrogens with zero attached hydrogens (tertiary/aromatic N) is 2. The summed E-state index contributed by atoms with van der Waals surface area (Å²) < 4.78 is 13.0. The van der Waals surface area contributed by atoms with Gasteiger partial charge in [0.1, 0.15) is 5.82 Å². The fourth-order valence-electron chi connectivity index (χ4n) is 2.89. The average Bonchev–Trinajstić information content (AvgIpc) is 3.14. The zero-order valence-corrected chi connectivity index (χ0v) is 16.2. The number of nitrogens with one attached hydrogen (secondary N) is 1. The molecular formula is C22H25N3O3. The second-order valence-electron chi connectivity index (χ2n) is 6.50. The molecule has 146 valence electrons. The minimum Gasteiger partial charge on any atom is -0.493 e. The van der Waals surface area contributed by atoms with E-state index in [4.69, 9.17) is 9.47 Å². The molecule has 0 aliphatic heterocycles. The summed E-state index contributed by atoms with van der Waals surface area (Å²) in [5.41, 5.74) is 2.28. The van der Waals surface area contributed by atoms with Gasteiger partial charge in [-0.2, -0.15) is 0 Å². The second kappa shape index (κ2) is 9.60. The second-order valence-corrected chi connectivity index (χ2v) is 6.50. The third kappa shape index (κ3) is 5.36. The molecule has 3 rings (SSSR count). The summed E-state index contributed by atoms with van der Waals surface area (Å²) in [6.45, 7) is 3.18. The number of rotatable bonds is 9. The molecule has 28 heavy (non-hydrogen) atoms. The van der Waals surface area contributed by atoms with Crippen LogP contribution < -0.4 is 14.8 Å². The van der Waals surface area contributed by atoms with Gasteiger partial charge in [0.05, 0.1) is 7.11 Å². The monoisotopic (exact) mass is 379 g/mol. The van der Waals surface area contributed by atoms with Crippen molar-refractivity contribution in [2.75, 3.05) is 20.3 Å². The van der Waals surface area contributed by atoms with Crippen LogP contribution in [0.4, 0.5) is 0 Å². The lowest BCUT2D eigenvalue weighted by molar-refractivity contribution is -0.123. The minimum absolute atomic E-state index is 0.0577. The quantitative estimate of drug-likeness (QED) is 0.621. The molecule has 0 aliphatic rings. The third-order valence-corrected chi connectivity index (χ3v) is 4.35. The SMILES string of the molecule is COc1cc(C)ccc1OCC(=O)NCCc1nccn1Cc1ccccc1. The Labute approximate surface area is 165 Å². The number of amides is 1. The lowest BCUT2D eigenvalue weighted by atomic mass is 10.2. The summed E-state index contributed by atoms with van der Waals surface area (Å²) in [5, 5.41) is 2.87. The van der Waals surface area contributed by atoms with Gasteiger partial charge in [0, 0.05) is 31.9 Å². The van der Waals surface area contributed by atoms with E-state index in [1.807, 2.05) is 49.5 Å². The molecule has 0 unspecified atom stereocenters. The number of hydrogen-bond donors (Lipinski definition) is 1. The summed E-state index contributed by atoms with van der Waals surface area (Å²) in [4.78, 5) is 16.5. The van der Waals surface area contributed by atoms with Gasteiger partial charge in [-0.3, -0.25) is 4.79 Å². The van der Waals surface area contributed by atoms with E-state index in [0.29, 0.717) is 24.5 Å². The molecule has 0 radical (unpaired) electrons. The van der Waals surface area contributed by atoms with Crippen molar-refractivity contribution < 1.29 is 14.3 Å². The van der Waals surface area contributed by atoms with Crippen LogP contribution in [0.1, 0.15) is 17.0 Å². The van der Waals surface area contributed by atoms with Crippen molar-refractivity contribution >= 4 is 5.91 Å². The van der Waals surface area contributed by atoms with E-state index in [9.17, 15) is 4.79 Å². The van der Waals surface area contributed by atoms with Crippen molar-refractivity contribution in [3.8, 4) is 11.5 Å². The maximum atomic E-state index is 12.1. The van der Waals surface area contributed by atoms with Crippen LogP contribution in [0.5, 0.6) is 11.5 Å². The third-order valence-electron chi connectivity index (χ3n) is 4.35. The fourth-order valence-corrected chi connectivity index (χ4v) is 2.89. The summed E-state index contributed by atoms with van der Waals surface area (Å²) >= 11 is 0. The Morgan fingerprint density at radius 1 is 1.14 bits per heavy atom. The van der Waals surface area contributed by atoms with Crippen molar-refractivity contribution in [2.45, 2.75) is 19.9 Å². The van der Waals surface area contributed by atoms with Crippen LogP contribution in [0, 0.1) is 6.92 Å². The summed E-state index contributed by atoms with van der Waals surface area (Å²) in [6, 6.07) is 15.8. The Balaban J connectivity index is 1.46. The molecule has 1 amide bonds. The van der Waals surface area contributed by atoms with Crippen LogP contribution in [-0.2, 0) is 17.8 Å². The van der Waals surface area contributed by atoms with Crippen LogP contribution in [0.2, 0.25) is 0 Å². The molecule has 2 aromatic carbocycles. The summed E-state index contributed by atoms with van der Waals surface area (Å²) in [5.74, 6) is 1.94. The van der Waals surface area contributed by atoms with E-state index in [1.165, 1.54) is 5.56 Å². The standard InChI is InChI=1S/C22H25N3O3/c1-17-8-9-19(20(14-17)27-2)28-16-22(26)24-11-10-21-23-12-13-25(21)15-18-6-4-3-5-7-18/h3-9,12-14H,10-11,15-16H2,1-2H3,(H,24,26). The van der Waals surface area contributed by atoms with Gasteiger partial charge in [-0.1, -0.05) is 36.4 Å². The van der Waals surface area contributed by atoms with Gasteiger partial charge in [-0.15, -0.1) is 0 Å². The molecule has 1 N–H and O–H groups in total. The number of benzene rings is 2. The highest BCUT2D eigenvalue weighted by molar-refractivity contribution is 5.77. The Hall–Kier alpha value is -3.28. The maximum Gasteiger partial charge on any atom is 0.257 e. The summed E-state index contributed by atoms with van der Waals surface area (Å²) in [7, 11) is 1.58. The normalized spacial score (nSPS) is 10.5. The molecule has 0 spiro atoms. The zero-order valence-electron chi connectivity index (χ0n) is 16.2. The molecule has 0 atom stereocenters. The molecule has 1 heterocycles. The molecule has 0 saturated heterocycles. The van der Waals surface area contributed by atoms with Crippen molar-refractivity contribution in [3.05, 3.63) is 77.9 Å². The van der Waals surface area contributed by atoms with Crippen LogP contribution in [-0.4, -0.2) is 35.7 Å². The molecule has 6 nitrogen and oxygen atoms in total. The molecule has 6 heteroatoms. The lowest BCUT2D eigenvalue weighted by Gasteiger charge is -2.12. The molecule has 0 saturated carbocycles. The number of aromatic nitrogens is 2. The first-order valence-corrected chi connectivity index (χ1v) is 9.24. The number of hydrogen-bond acceptors (Lipinski definition) is 4.